The van der Waals surface area contributed by atoms with E-state index in [0.29, 0.717) is 19.3 Å². The summed E-state index contributed by atoms with van der Waals surface area (Å²) in [5.74, 6) is -1.13. The van der Waals surface area contributed by atoms with Crippen LogP contribution in [0.3, 0.4) is 0 Å². The highest BCUT2D eigenvalue weighted by Crippen LogP contribution is 2.24. The molecule has 1 fully saturated rings. The molecule has 134 valence electrons. The van der Waals surface area contributed by atoms with E-state index >= 15 is 0 Å². The number of nitrogens with zero attached hydrogens (tertiary/aromatic N) is 2. The van der Waals surface area contributed by atoms with Crippen molar-refractivity contribution in [2.45, 2.75) is 44.1 Å². The van der Waals surface area contributed by atoms with Crippen molar-refractivity contribution in [1.29, 1.82) is 5.26 Å². The van der Waals surface area contributed by atoms with Crippen LogP contribution >= 0.6 is 0 Å². The van der Waals surface area contributed by atoms with E-state index in [-0.39, 0.29) is 12.3 Å². The van der Waals surface area contributed by atoms with Gasteiger partial charge in [0.1, 0.15) is 5.54 Å². The molecule has 0 aromatic heterocycles. The predicted molar refractivity (Wildman–Crippen MR) is 95.4 cm³/mol. The Labute approximate surface area is 149 Å². The van der Waals surface area contributed by atoms with Gasteiger partial charge in [0.15, 0.2) is 0 Å². The third-order valence-corrected chi connectivity index (χ3v) is 4.96. The minimum atomic E-state index is -0.794. The first-order valence-electron chi connectivity index (χ1n) is 8.78. The normalized spacial score (nSPS) is 18.1. The monoisotopic (exact) mass is 342 g/mol. The number of hydrogen-bond acceptors (Lipinski definition) is 4. The topological polar surface area (TPSA) is 99.2 Å². The molecule has 0 bridgehead atoms. The van der Waals surface area contributed by atoms with Gasteiger partial charge < -0.3 is 16.0 Å². The Hall–Kier alpha value is -2.39. The Morgan fingerprint density at radius 1 is 1.32 bits per heavy atom. The largest absolute Gasteiger partial charge is 0.369 e. The van der Waals surface area contributed by atoms with Gasteiger partial charge in [-0.3, -0.25) is 9.59 Å². The zero-order valence-electron chi connectivity index (χ0n) is 14.7. The number of primary amides is 1. The van der Waals surface area contributed by atoms with Crippen LogP contribution in [0.25, 0.3) is 0 Å². The highest BCUT2D eigenvalue weighted by Gasteiger charge is 2.35. The van der Waals surface area contributed by atoms with E-state index in [9.17, 15) is 14.9 Å². The minimum Gasteiger partial charge on any atom is -0.369 e. The van der Waals surface area contributed by atoms with Crippen molar-refractivity contribution in [2.24, 2.45) is 5.73 Å². The number of piperidine rings is 1. The SMILES string of the molecule is CCN1CCC(C#N)(NC(=O)CC[C@H](C(N)=O)c2ccccc2)CC1. The highest BCUT2D eigenvalue weighted by atomic mass is 16.2. The Bertz CT molecular complexity index is 631. The van der Waals surface area contributed by atoms with E-state index in [4.69, 9.17) is 5.73 Å². The molecule has 0 aliphatic carbocycles. The third kappa shape index (κ3) is 5.04. The molecule has 2 amide bonds. The Morgan fingerprint density at radius 2 is 1.96 bits per heavy atom. The van der Waals surface area contributed by atoms with Gasteiger partial charge in [-0.2, -0.15) is 5.26 Å². The number of benzene rings is 1. The summed E-state index contributed by atoms with van der Waals surface area (Å²) < 4.78 is 0. The molecule has 0 saturated carbocycles. The first-order valence-corrected chi connectivity index (χ1v) is 8.78. The van der Waals surface area contributed by atoms with E-state index in [1.165, 1.54) is 0 Å². The molecule has 3 N–H and O–H groups in total. The van der Waals surface area contributed by atoms with Gasteiger partial charge in [-0.25, -0.2) is 0 Å². The lowest BCUT2D eigenvalue weighted by Gasteiger charge is -2.37. The quantitative estimate of drug-likeness (QED) is 0.785. The van der Waals surface area contributed by atoms with Crippen molar-refractivity contribution in [2.75, 3.05) is 19.6 Å². The molecule has 6 nitrogen and oxygen atoms in total. The fourth-order valence-corrected chi connectivity index (χ4v) is 3.28. The number of carbonyl (C=O) groups excluding carboxylic acids is 2. The second kappa shape index (κ2) is 8.63. The molecule has 1 heterocycles. The molecule has 25 heavy (non-hydrogen) atoms. The van der Waals surface area contributed by atoms with E-state index in [2.05, 4.69) is 23.2 Å². The van der Waals surface area contributed by atoms with E-state index in [0.717, 1.165) is 25.2 Å². The maximum atomic E-state index is 12.4. The van der Waals surface area contributed by atoms with E-state index in [1.807, 2.05) is 30.3 Å². The molecule has 0 unspecified atom stereocenters. The second-order valence-corrected chi connectivity index (χ2v) is 6.58. The van der Waals surface area contributed by atoms with Gasteiger partial charge in [-0.1, -0.05) is 37.3 Å². The van der Waals surface area contributed by atoms with Gasteiger partial charge in [-0.05, 0) is 31.4 Å². The number of rotatable bonds is 7. The summed E-state index contributed by atoms with van der Waals surface area (Å²) in [6, 6.07) is 11.5. The zero-order valence-corrected chi connectivity index (χ0v) is 14.7. The lowest BCUT2D eigenvalue weighted by Crippen LogP contribution is -2.54. The zero-order chi connectivity index (χ0) is 18.3. The molecule has 1 aromatic carbocycles. The standard InChI is InChI=1S/C19H26N4O2/c1-2-23-12-10-19(14-20,11-13-23)22-17(24)9-8-16(18(21)25)15-6-4-3-5-7-15/h3-7,16H,2,8-13H2,1H3,(H2,21,25)(H,22,24)/t16-/m0/s1. The average molecular weight is 342 g/mol. The van der Waals surface area contributed by atoms with Crippen LogP contribution in [0.5, 0.6) is 0 Å². The Kier molecular flexibility index (Phi) is 6.54. The maximum absolute atomic E-state index is 12.4. The first-order chi connectivity index (χ1) is 12.0. The minimum absolute atomic E-state index is 0.170. The Morgan fingerprint density at radius 3 is 2.48 bits per heavy atom. The van der Waals surface area contributed by atoms with Crippen LogP contribution in [0.15, 0.2) is 30.3 Å². The molecule has 1 aromatic rings. The molecule has 1 atom stereocenters. The van der Waals surface area contributed by atoms with Crippen LogP contribution in [-0.4, -0.2) is 41.9 Å². The average Bonchev–Trinajstić information content (AvgIpc) is 2.63. The molecule has 1 saturated heterocycles. The van der Waals surface area contributed by atoms with Crippen molar-refractivity contribution in [3.63, 3.8) is 0 Å². The molecule has 6 heteroatoms. The van der Waals surface area contributed by atoms with Crippen molar-refractivity contribution in [3.05, 3.63) is 35.9 Å². The molecule has 2 rings (SSSR count). The number of likely N-dealkylation sites (tertiary alicyclic amines) is 1. The number of nitriles is 1. The van der Waals surface area contributed by atoms with E-state index < -0.39 is 17.4 Å². The van der Waals surface area contributed by atoms with Crippen LogP contribution in [0, 0.1) is 11.3 Å². The number of nitrogens with two attached hydrogens (primary N) is 1. The lowest BCUT2D eigenvalue weighted by molar-refractivity contribution is -0.123. The maximum Gasteiger partial charge on any atom is 0.224 e. The molecule has 1 aliphatic rings. The number of nitrogens with one attached hydrogen (secondary N) is 1. The number of hydrogen-bond donors (Lipinski definition) is 2. The van der Waals surface area contributed by atoms with Crippen LogP contribution in [0.4, 0.5) is 0 Å². The van der Waals surface area contributed by atoms with E-state index in [1.54, 1.807) is 0 Å². The van der Waals surface area contributed by atoms with Gasteiger partial charge in [0.05, 0.1) is 12.0 Å². The fraction of sp³-hybridized carbons (Fsp3) is 0.526. The van der Waals surface area contributed by atoms with Gasteiger partial charge >= 0.3 is 0 Å². The van der Waals surface area contributed by atoms with Gasteiger partial charge in [0, 0.05) is 19.5 Å². The van der Waals surface area contributed by atoms with Crippen LogP contribution < -0.4 is 11.1 Å². The summed E-state index contributed by atoms with van der Waals surface area (Å²) in [5.41, 5.74) is 5.51. The fourth-order valence-electron chi connectivity index (χ4n) is 3.28. The molecule has 1 aliphatic heterocycles. The molecular formula is C19H26N4O2. The number of carbonyl (C=O) groups is 2. The lowest BCUT2D eigenvalue weighted by atomic mass is 9.88. The third-order valence-electron chi connectivity index (χ3n) is 4.96. The smallest absolute Gasteiger partial charge is 0.224 e. The second-order valence-electron chi connectivity index (χ2n) is 6.58. The van der Waals surface area contributed by atoms with Crippen molar-refractivity contribution >= 4 is 11.8 Å². The summed E-state index contributed by atoms with van der Waals surface area (Å²) in [4.78, 5) is 26.3. The van der Waals surface area contributed by atoms with Crippen molar-refractivity contribution < 1.29 is 9.59 Å². The highest BCUT2D eigenvalue weighted by molar-refractivity contribution is 5.83. The molecule has 0 spiro atoms. The van der Waals surface area contributed by atoms with Crippen LogP contribution in [0.1, 0.15) is 44.1 Å². The Balaban J connectivity index is 1.93. The van der Waals surface area contributed by atoms with Gasteiger partial charge in [0.2, 0.25) is 11.8 Å². The van der Waals surface area contributed by atoms with Gasteiger partial charge in [-0.15, -0.1) is 0 Å². The first kappa shape index (κ1) is 18.9. The summed E-state index contributed by atoms with van der Waals surface area (Å²) in [6.07, 6.45) is 1.76. The van der Waals surface area contributed by atoms with Gasteiger partial charge in [0.25, 0.3) is 0 Å². The molecular weight excluding hydrogens is 316 g/mol. The summed E-state index contributed by atoms with van der Waals surface area (Å²) in [5, 5.41) is 12.4. The van der Waals surface area contributed by atoms with Crippen molar-refractivity contribution in [3.8, 4) is 6.07 Å². The summed E-state index contributed by atoms with van der Waals surface area (Å²) >= 11 is 0. The van der Waals surface area contributed by atoms with Crippen LogP contribution in [0.2, 0.25) is 0 Å². The van der Waals surface area contributed by atoms with Crippen LogP contribution in [-0.2, 0) is 9.59 Å². The molecule has 0 radical (unpaired) electrons. The van der Waals surface area contributed by atoms with Crippen molar-refractivity contribution in [1.82, 2.24) is 10.2 Å². The predicted octanol–water partition coefficient (Wildman–Crippen LogP) is 1.53. The summed E-state index contributed by atoms with van der Waals surface area (Å²) in [6.45, 7) is 4.65. The summed E-state index contributed by atoms with van der Waals surface area (Å²) in [7, 11) is 0. The number of amides is 2.